The van der Waals surface area contributed by atoms with Gasteiger partial charge in [0.2, 0.25) is 0 Å². The Bertz CT molecular complexity index is 169. The summed E-state index contributed by atoms with van der Waals surface area (Å²) >= 11 is 0. The zero-order chi connectivity index (χ0) is 5.98. The van der Waals surface area contributed by atoms with E-state index < -0.39 is 0 Å². The molecule has 38 valence electrons. The summed E-state index contributed by atoms with van der Waals surface area (Å²) in [6, 6.07) is 8.47. The second kappa shape index (κ2) is 4.84. The second-order valence-corrected chi connectivity index (χ2v) is 1.84. The third-order valence-electron chi connectivity index (χ3n) is 0.955. The molecule has 0 fully saturated rings. The first-order valence-corrected chi connectivity index (χ1v) is 2.52. The molecule has 0 heterocycles. The smallest absolute Gasteiger partial charge is 0.197 e. The quantitative estimate of drug-likeness (QED) is 0.313. The summed E-state index contributed by atoms with van der Waals surface area (Å²) in [5.41, 5.74) is 1.94. The molecule has 0 unspecified atom stereocenters. The summed E-state index contributed by atoms with van der Waals surface area (Å²) < 4.78 is 0. The molecule has 0 aliphatic rings. The van der Waals surface area contributed by atoms with Crippen LogP contribution < -0.4 is 63.7 Å². The minimum Gasteiger partial charge on any atom is -0.197 e. The van der Waals surface area contributed by atoms with Crippen LogP contribution >= 0.6 is 0 Å². The molecule has 0 aromatic heterocycles. The van der Waals surface area contributed by atoms with Crippen molar-refractivity contribution in [1.29, 1.82) is 0 Å². The SMILES string of the molecule is [B]c1c[c-]cc(C)c1.[Rb+]. The van der Waals surface area contributed by atoms with Gasteiger partial charge in [0.15, 0.2) is 0 Å². The van der Waals surface area contributed by atoms with Crippen molar-refractivity contribution in [2.24, 2.45) is 0 Å². The van der Waals surface area contributed by atoms with Gasteiger partial charge in [-0.2, -0.15) is 35.3 Å². The van der Waals surface area contributed by atoms with Gasteiger partial charge in [0, 0.05) is 7.85 Å². The molecule has 0 bridgehead atoms. The molecule has 0 atom stereocenters. The minimum atomic E-state index is 0. The van der Waals surface area contributed by atoms with E-state index in [1.807, 2.05) is 19.1 Å². The Morgan fingerprint density at radius 1 is 1.44 bits per heavy atom. The second-order valence-electron chi connectivity index (χ2n) is 1.84. The van der Waals surface area contributed by atoms with Gasteiger partial charge in [-0.05, 0) is 0 Å². The van der Waals surface area contributed by atoms with Crippen LogP contribution in [0, 0.1) is 13.0 Å². The molecule has 2 heteroatoms. The van der Waals surface area contributed by atoms with Crippen molar-refractivity contribution in [3.8, 4) is 0 Å². The van der Waals surface area contributed by atoms with Gasteiger partial charge in [0.05, 0.1) is 0 Å². The van der Waals surface area contributed by atoms with E-state index in [0.29, 0.717) is 0 Å². The van der Waals surface area contributed by atoms with Gasteiger partial charge in [-0.1, -0.05) is 6.92 Å². The van der Waals surface area contributed by atoms with Gasteiger partial charge in [-0.15, -0.1) is 0 Å². The van der Waals surface area contributed by atoms with E-state index in [2.05, 4.69) is 6.07 Å². The van der Waals surface area contributed by atoms with Crippen LogP contribution in [0.5, 0.6) is 0 Å². The maximum absolute atomic E-state index is 5.43. The molecule has 0 saturated carbocycles. The zero-order valence-corrected chi connectivity index (χ0v) is 10.7. The number of hydrogen-bond acceptors (Lipinski definition) is 0. The molecule has 0 nitrogen and oxygen atoms in total. The summed E-state index contributed by atoms with van der Waals surface area (Å²) in [4.78, 5) is 0. The predicted octanol–water partition coefficient (Wildman–Crippen LogP) is -2.41. The molecule has 1 aromatic carbocycles. The summed E-state index contributed by atoms with van der Waals surface area (Å²) in [6.45, 7) is 1.99. The van der Waals surface area contributed by atoms with E-state index in [1.165, 1.54) is 0 Å². The number of hydrogen-bond donors (Lipinski definition) is 0. The van der Waals surface area contributed by atoms with Crippen LogP contribution in [-0.2, 0) is 0 Å². The Morgan fingerprint density at radius 2 is 2.11 bits per heavy atom. The fraction of sp³-hybridized carbons (Fsp3) is 0.143. The number of aryl methyl sites for hydroxylation is 1. The molecule has 0 aliphatic carbocycles. The summed E-state index contributed by atoms with van der Waals surface area (Å²) in [5.74, 6) is 0. The fourth-order valence-electron chi connectivity index (χ4n) is 0.616. The summed E-state index contributed by atoms with van der Waals surface area (Å²) in [5, 5.41) is 0. The Hall–Kier alpha value is 1.09. The Balaban J connectivity index is 0.000000640. The molecular formula is C7H6BRb. The molecular weight excluding hydrogens is 180 g/mol. The Kier molecular flexibility index (Phi) is 5.42. The third kappa shape index (κ3) is 3.72. The van der Waals surface area contributed by atoms with E-state index in [9.17, 15) is 0 Å². The van der Waals surface area contributed by atoms with Gasteiger partial charge in [-0.3, -0.25) is 0 Å². The molecule has 1 rings (SSSR count). The fourth-order valence-corrected chi connectivity index (χ4v) is 0.616. The van der Waals surface area contributed by atoms with Gasteiger partial charge < -0.3 is 0 Å². The molecule has 0 spiro atoms. The van der Waals surface area contributed by atoms with E-state index in [4.69, 9.17) is 7.85 Å². The van der Waals surface area contributed by atoms with Crippen LogP contribution in [0.15, 0.2) is 18.2 Å². The van der Waals surface area contributed by atoms with Gasteiger partial charge >= 0.3 is 58.2 Å². The van der Waals surface area contributed by atoms with Crippen molar-refractivity contribution >= 4 is 13.3 Å². The van der Waals surface area contributed by atoms with Crippen LogP contribution in [0.2, 0.25) is 0 Å². The van der Waals surface area contributed by atoms with E-state index >= 15 is 0 Å². The monoisotopic (exact) mass is 186 g/mol. The van der Waals surface area contributed by atoms with E-state index in [1.54, 1.807) is 6.07 Å². The predicted molar refractivity (Wildman–Crippen MR) is 35.4 cm³/mol. The molecule has 2 radical (unpaired) electrons. The van der Waals surface area contributed by atoms with Crippen LogP contribution in [-0.4, -0.2) is 7.85 Å². The maximum Gasteiger partial charge on any atom is 1.00 e. The first-order valence-electron chi connectivity index (χ1n) is 2.52. The first kappa shape index (κ1) is 10.1. The van der Waals surface area contributed by atoms with Crippen LogP contribution in [0.25, 0.3) is 0 Å². The molecule has 1 aromatic rings. The van der Waals surface area contributed by atoms with Gasteiger partial charge in [-0.25, -0.2) is 0 Å². The zero-order valence-electron chi connectivity index (χ0n) is 5.81. The van der Waals surface area contributed by atoms with Crippen molar-refractivity contribution in [2.45, 2.75) is 6.92 Å². The summed E-state index contributed by atoms with van der Waals surface area (Å²) in [7, 11) is 5.43. The van der Waals surface area contributed by atoms with Crippen LogP contribution in [0.1, 0.15) is 5.56 Å². The summed E-state index contributed by atoms with van der Waals surface area (Å²) in [6.07, 6.45) is 0. The van der Waals surface area contributed by atoms with Crippen molar-refractivity contribution in [3.63, 3.8) is 0 Å². The van der Waals surface area contributed by atoms with Gasteiger partial charge in [0.25, 0.3) is 0 Å². The average Bonchev–Trinajstić information content (AvgIpc) is 1.64. The molecule has 0 aliphatic heterocycles. The Morgan fingerprint density at radius 3 is 2.44 bits per heavy atom. The average molecular weight is 186 g/mol. The van der Waals surface area contributed by atoms with Crippen molar-refractivity contribution in [3.05, 3.63) is 29.8 Å². The van der Waals surface area contributed by atoms with E-state index in [-0.39, 0.29) is 58.2 Å². The first-order chi connectivity index (χ1) is 3.79. The molecule has 0 amide bonds. The molecule has 9 heavy (non-hydrogen) atoms. The molecule has 0 N–H and O–H groups in total. The largest absolute Gasteiger partial charge is 1.00 e. The molecule has 0 saturated heterocycles. The standard InChI is InChI=1S/C7H6B.Rb/c1-6-3-2-4-7(8)5-6;/h3-5H,1H3;/q-1;+1. The third-order valence-corrected chi connectivity index (χ3v) is 0.955. The minimum absolute atomic E-state index is 0. The van der Waals surface area contributed by atoms with Crippen LogP contribution in [0.4, 0.5) is 0 Å². The van der Waals surface area contributed by atoms with Crippen molar-refractivity contribution < 1.29 is 58.2 Å². The van der Waals surface area contributed by atoms with Crippen molar-refractivity contribution in [1.82, 2.24) is 0 Å². The Labute approximate surface area is 106 Å². The van der Waals surface area contributed by atoms with Crippen molar-refractivity contribution in [2.75, 3.05) is 0 Å². The topological polar surface area (TPSA) is 0 Å². The maximum atomic E-state index is 5.43. The normalized spacial score (nSPS) is 8.11. The van der Waals surface area contributed by atoms with Crippen LogP contribution in [0.3, 0.4) is 0 Å². The van der Waals surface area contributed by atoms with E-state index in [0.717, 1.165) is 11.0 Å². The van der Waals surface area contributed by atoms with Gasteiger partial charge in [0.1, 0.15) is 0 Å². The number of rotatable bonds is 0. The number of benzene rings is 1.